The van der Waals surface area contributed by atoms with Gasteiger partial charge in [0, 0.05) is 24.2 Å². The maximum Gasteiger partial charge on any atom is 0.254 e. The molecule has 2 heterocycles. The molecule has 0 radical (unpaired) electrons. The fourth-order valence-electron chi connectivity index (χ4n) is 4.21. The highest BCUT2D eigenvalue weighted by molar-refractivity contribution is 5.79. The van der Waals surface area contributed by atoms with Crippen molar-refractivity contribution < 1.29 is 9.53 Å². The number of aromatic nitrogens is 2. The van der Waals surface area contributed by atoms with E-state index in [0.717, 1.165) is 35.4 Å². The number of carbonyl (C=O) groups excluding carboxylic acids is 1. The van der Waals surface area contributed by atoms with E-state index in [1.807, 2.05) is 66.4 Å². The number of nitrogens with one attached hydrogen (secondary N) is 1. The molecule has 1 aliphatic heterocycles. The molecule has 1 amide bonds. The number of amides is 1. The first kappa shape index (κ1) is 20.8. The first-order chi connectivity index (χ1) is 15.0. The molecular weight excluding hydrogens is 390 g/mol. The van der Waals surface area contributed by atoms with Gasteiger partial charge in [-0.3, -0.25) is 9.59 Å². The first-order valence-electron chi connectivity index (χ1n) is 10.6. The maximum absolute atomic E-state index is 13.0. The van der Waals surface area contributed by atoms with Crippen LogP contribution >= 0.6 is 0 Å². The molecule has 0 bridgehead atoms. The maximum atomic E-state index is 13.0. The van der Waals surface area contributed by atoms with Crippen LogP contribution < -0.4 is 10.3 Å². The molecule has 2 aromatic carbocycles. The lowest BCUT2D eigenvalue weighted by Gasteiger charge is -2.24. The van der Waals surface area contributed by atoms with Crippen LogP contribution in [-0.4, -0.2) is 34.4 Å². The number of rotatable bonds is 6. The molecular formula is C25H27N3O3. The van der Waals surface area contributed by atoms with Crippen LogP contribution in [0.25, 0.3) is 0 Å². The molecule has 1 saturated heterocycles. The zero-order chi connectivity index (χ0) is 21.8. The van der Waals surface area contributed by atoms with Crippen LogP contribution in [0.1, 0.15) is 47.1 Å². The predicted molar refractivity (Wildman–Crippen MR) is 119 cm³/mol. The summed E-state index contributed by atoms with van der Waals surface area (Å²) >= 11 is 0. The van der Waals surface area contributed by atoms with Crippen LogP contribution in [0, 0.1) is 6.92 Å². The van der Waals surface area contributed by atoms with E-state index in [4.69, 9.17) is 9.72 Å². The third-order valence-electron chi connectivity index (χ3n) is 5.84. The van der Waals surface area contributed by atoms with Crippen LogP contribution in [-0.2, 0) is 17.6 Å². The summed E-state index contributed by atoms with van der Waals surface area (Å²) in [5, 5.41) is 0. The summed E-state index contributed by atoms with van der Waals surface area (Å²) in [6.07, 6.45) is 2.52. The standard InChI is InChI=1S/C25H27N3O3/c1-17-21(15-18-8-4-3-5-9-18)25(30)27-24(26-17)22-12-7-13-28(22)23(29)16-19-10-6-11-20(14-19)31-2/h3-6,8-11,14,22H,7,12-13,15-16H2,1-2H3,(H,26,27,30)/t22-/m0/s1. The van der Waals surface area contributed by atoms with Gasteiger partial charge in [0.05, 0.1) is 19.6 Å². The molecule has 1 aliphatic rings. The van der Waals surface area contributed by atoms with Crippen molar-refractivity contribution in [1.82, 2.24) is 14.9 Å². The molecule has 0 saturated carbocycles. The number of aromatic amines is 1. The van der Waals surface area contributed by atoms with E-state index in [9.17, 15) is 9.59 Å². The predicted octanol–water partition coefficient (Wildman–Crippen LogP) is 3.58. The van der Waals surface area contributed by atoms with Gasteiger partial charge in [-0.2, -0.15) is 0 Å². The van der Waals surface area contributed by atoms with E-state index in [1.165, 1.54) is 0 Å². The second-order valence-electron chi connectivity index (χ2n) is 7.95. The lowest BCUT2D eigenvalue weighted by Crippen LogP contribution is -2.34. The number of methoxy groups -OCH3 is 1. The molecule has 1 N–H and O–H groups in total. The molecule has 0 unspecified atom stereocenters. The largest absolute Gasteiger partial charge is 0.497 e. The van der Waals surface area contributed by atoms with E-state index in [-0.39, 0.29) is 17.5 Å². The molecule has 1 atom stereocenters. The van der Waals surface area contributed by atoms with Crippen molar-refractivity contribution in [1.29, 1.82) is 0 Å². The minimum atomic E-state index is -0.199. The highest BCUT2D eigenvalue weighted by Crippen LogP contribution is 2.30. The van der Waals surface area contributed by atoms with E-state index in [2.05, 4.69) is 4.98 Å². The number of H-pyrrole nitrogens is 1. The monoisotopic (exact) mass is 417 g/mol. The summed E-state index contributed by atoms with van der Waals surface area (Å²) in [7, 11) is 1.61. The Morgan fingerprint density at radius 2 is 1.94 bits per heavy atom. The normalized spacial score (nSPS) is 15.8. The summed E-state index contributed by atoms with van der Waals surface area (Å²) in [6, 6.07) is 17.2. The molecule has 31 heavy (non-hydrogen) atoms. The first-order valence-corrected chi connectivity index (χ1v) is 10.6. The van der Waals surface area contributed by atoms with Gasteiger partial charge in [-0.05, 0) is 43.0 Å². The van der Waals surface area contributed by atoms with Gasteiger partial charge in [0.25, 0.3) is 5.56 Å². The summed E-state index contributed by atoms with van der Waals surface area (Å²) in [5.74, 6) is 1.35. The fourth-order valence-corrected chi connectivity index (χ4v) is 4.21. The van der Waals surface area contributed by atoms with Gasteiger partial charge in [-0.15, -0.1) is 0 Å². The third kappa shape index (κ3) is 4.68. The van der Waals surface area contributed by atoms with Gasteiger partial charge in [0.1, 0.15) is 11.6 Å². The van der Waals surface area contributed by atoms with Crippen molar-refractivity contribution in [2.24, 2.45) is 0 Å². The molecule has 160 valence electrons. The molecule has 0 spiro atoms. The lowest BCUT2D eigenvalue weighted by atomic mass is 10.0. The Hall–Kier alpha value is -3.41. The Bertz CT molecular complexity index is 1120. The summed E-state index contributed by atoms with van der Waals surface area (Å²) in [5.41, 5.74) is 3.24. The Kier molecular flexibility index (Phi) is 6.16. The van der Waals surface area contributed by atoms with Crippen LogP contribution in [0.5, 0.6) is 5.75 Å². The number of benzene rings is 2. The van der Waals surface area contributed by atoms with Crippen molar-refractivity contribution >= 4 is 5.91 Å². The van der Waals surface area contributed by atoms with E-state index >= 15 is 0 Å². The third-order valence-corrected chi connectivity index (χ3v) is 5.84. The minimum absolute atomic E-state index is 0.0319. The summed E-state index contributed by atoms with van der Waals surface area (Å²) < 4.78 is 5.26. The van der Waals surface area contributed by atoms with E-state index in [1.54, 1.807) is 7.11 Å². The van der Waals surface area contributed by atoms with Crippen molar-refractivity contribution in [3.8, 4) is 5.75 Å². The number of hydrogen-bond donors (Lipinski definition) is 1. The van der Waals surface area contributed by atoms with Crippen LogP contribution in [0.2, 0.25) is 0 Å². The minimum Gasteiger partial charge on any atom is -0.497 e. The molecule has 4 rings (SSSR count). The molecule has 0 aliphatic carbocycles. The van der Waals surface area contributed by atoms with Gasteiger partial charge < -0.3 is 14.6 Å². The molecule has 3 aromatic rings. The SMILES string of the molecule is COc1cccc(CC(=O)N2CCC[C@H]2c2nc(C)c(Cc3ccccc3)c(=O)[nH]2)c1. The summed E-state index contributed by atoms with van der Waals surface area (Å²) in [4.78, 5) is 35.4. The molecule has 1 aromatic heterocycles. The van der Waals surface area contributed by atoms with Crippen molar-refractivity contribution in [2.75, 3.05) is 13.7 Å². The Morgan fingerprint density at radius 3 is 2.68 bits per heavy atom. The number of aryl methyl sites for hydroxylation is 1. The van der Waals surface area contributed by atoms with Gasteiger partial charge in [-0.25, -0.2) is 4.98 Å². The van der Waals surface area contributed by atoms with Crippen LogP contribution in [0.4, 0.5) is 0 Å². The molecule has 6 nitrogen and oxygen atoms in total. The number of likely N-dealkylation sites (tertiary alicyclic amines) is 1. The molecule has 6 heteroatoms. The smallest absolute Gasteiger partial charge is 0.254 e. The Labute approximate surface area is 181 Å². The summed E-state index contributed by atoms with van der Waals surface area (Å²) in [6.45, 7) is 2.54. The van der Waals surface area contributed by atoms with E-state index in [0.29, 0.717) is 30.8 Å². The average Bonchev–Trinajstić information content (AvgIpc) is 3.27. The number of hydrogen-bond acceptors (Lipinski definition) is 4. The number of nitrogens with zero attached hydrogens (tertiary/aromatic N) is 2. The van der Waals surface area contributed by atoms with Gasteiger partial charge in [0.15, 0.2) is 0 Å². The number of carbonyl (C=O) groups is 1. The highest BCUT2D eigenvalue weighted by Gasteiger charge is 2.32. The van der Waals surface area contributed by atoms with Crippen molar-refractivity contribution in [3.63, 3.8) is 0 Å². The van der Waals surface area contributed by atoms with Crippen molar-refractivity contribution in [3.05, 3.63) is 93.2 Å². The van der Waals surface area contributed by atoms with Gasteiger partial charge in [0.2, 0.25) is 5.91 Å². The van der Waals surface area contributed by atoms with Crippen molar-refractivity contribution in [2.45, 2.75) is 38.6 Å². The number of ether oxygens (including phenoxy) is 1. The topological polar surface area (TPSA) is 75.3 Å². The molecule has 1 fully saturated rings. The zero-order valence-electron chi connectivity index (χ0n) is 17.9. The lowest BCUT2D eigenvalue weighted by molar-refractivity contribution is -0.131. The second kappa shape index (κ2) is 9.16. The van der Waals surface area contributed by atoms with Crippen LogP contribution in [0.15, 0.2) is 59.4 Å². The van der Waals surface area contributed by atoms with Gasteiger partial charge >= 0.3 is 0 Å². The van der Waals surface area contributed by atoms with Gasteiger partial charge in [-0.1, -0.05) is 42.5 Å². The van der Waals surface area contributed by atoms with Crippen LogP contribution in [0.3, 0.4) is 0 Å². The average molecular weight is 418 g/mol. The second-order valence-corrected chi connectivity index (χ2v) is 7.95. The Balaban J connectivity index is 1.54. The highest BCUT2D eigenvalue weighted by atomic mass is 16.5. The quantitative estimate of drug-likeness (QED) is 0.665. The van der Waals surface area contributed by atoms with E-state index < -0.39 is 0 Å². The fraction of sp³-hybridized carbons (Fsp3) is 0.320. The zero-order valence-corrected chi connectivity index (χ0v) is 17.9. The Morgan fingerprint density at radius 1 is 1.16 bits per heavy atom.